The van der Waals surface area contributed by atoms with E-state index >= 15 is 0 Å². The number of rotatable bonds is 5. The van der Waals surface area contributed by atoms with E-state index in [2.05, 4.69) is 47.6 Å². The summed E-state index contributed by atoms with van der Waals surface area (Å²) in [6.45, 7) is 2.82. The number of carbonyl (C=O) groups is 1. The second-order valence-electron chi connectivity index (χ2n) is 7.23. The maximum atomic E-state index is 12.5. The first-order valence-corrected chi connectivity index (χ1v) is 9.74. The maximum Gasteiger partial charge on any atom is 0.251 e. The number of amides is 1. The molecule has 1 aromatic heterocycles. The van der Waals surface area contributed by atoms with E-state index < -0.39 is 0 Å². The highest BCUT2D eigenvalue weighted by Gasteiger charge is 2.16. The molecule has 1 aliphatic rings. The molecule has 1 amide bonds. The van der Waals surface area contributed by atoms with E-state index in [4.69, 9.17) is 0 Å². The molecule has 0 saturated heterocycles. The van der Waals surface area contributed by atoms with Crippen molar-refractivity contribution >= 4 is 16.8 Å². The fourth-order valence-corrected chi connectivity index (χ4v) is 3.91. The minimum absolute atomic E-state index is 0.0165. The minimum atomic E-state index is 0.0165. The van der Waals surface area contributed by atoms with E-state index in [9.17, 15) is 4.79 Å². The molecule has 0 spiro atoms. The molecule has 1 aliphatic carbocycles. The van der Waals surface area contributed by atoms with Crippen molar-refractivity contribution in [2.75, 3.05) is 6.54 Å². The van der Waals surface area contributed by atoms with Crippen molar-refractivity contribution in [2.45, 2.75) is 45.4 Å². The average molecular weight is 346 g/mol. The summed E-state index contributed by atoms with van der Waals surface area (Å²) >= 11 is 0. The third-order valence-electron chi connectivity index (χ3n) is 5.49. The fourth-order valence-electron chi connectivity index (χ4n) is 3.91. The molecule has 3 aromatic rings. The molecule has 3 nitrogen and oxygen atoms in total. The maximum absolute atomic E-state index is 12.5. The number of carbonyl (C=O) groups excluding carboxylic acids is 1. The van der Waals surface area contributed by atoms with Crippen LogP contribution in [-0.4, -0.2) is 17.4 Å². The van der Waals surface area contributed by atoms with Crippen molar-refractivity contribution in [3.8, 4) is 0 Å². The molecule has 4 rings (SSSR count). The molecule has 0 unspecified atom stereocenters. The number of aromatic amines is 1. The summed E-state index contributed by atoms with van der Waals surface area (Å²) < 4.78 is 0. The second kappa shape index (κ2) is 7.36. The number of benzene rings is 2. The highest BCUT2D eigenvalue weighted by atomic mass is 16.1. The van der Waals surface area contributed by atoms with Crippen LogP contribution in [0.25, 0.3) is 10.9 Å². The Balaban J connectivity index is 1.42. The third-order valence-corrected chi connectivity index (χ3v) is 5.49. The summed E-state index contributed by atoms with van der Waals surface area (Å²) in [5.41, 5.74) is 7.30. The molecule has 0 aliphatic heterocycles. The predicted molar refractivity (Wildman–Crippen MR) is 107 cm³/mol. The molecule has 0 saturated carbocycles. The lowest BCUT2D eigenvalue weighted by Gasteiger charge is -2.10. The Labute approximate surface area is 154 Å². The lowest BCUT2D eigenvalue weighted by Crippen LogP contribution is -2.25. The van der Waals surface area contributed by atoms with Gasteiger partial charge in [-0.3, -0.25) is 4.79 Å². The van der Waals surface area contributed by atoms with Gasteiger partial charge in [-0.2, -0.15) is 0 Å². The largest absolute Gasteiger partial charge is 0.358 e. The lowest BCUT2D eigenvalue weighted by molar-refractivity contribution is 0.0954. The summed E-state index contributed by atoms with van der Waals surface area (Å²) in [5.74, 6) is 0.0165. The monoisotopic (exact) mass is 346 g/mol. The van der Waals surface area contributed by atoms with E-state index in [1.807, 2.05) is 12.1 Å². The van der Waals surface area contributed by atoms with Gasteiger partial charge in [0.2, 0.25) is 0 Å². The third kappa shape index (κ3) is 3.39. The zero-order valence-corrected chi connectivity index (χ0v) is 15.4. The van der Waals surface area contributed by atoms with Gasteiger partial charge in [-0.15, -0.1) is 0 Å². The van der Waals surface area contributed by atoms with Gasteiger partial charge in [-0.05, 0) is 73.4 Å². The highest BCUT2D eigenvalue weighted by molar-refractivity contribution is 5.99. The summed E-state index contributed by atoms with van der Waals surface area (Å²) in [4.78, 5) is 16.1. The first kappa shape index (κ1) is 16.9. The van der Waals surface area contributed by atoms with Crippen LogP contribution in [0.15, 0.2) is 42.5 Å². The Hall–Kier alpha value is -2.55. The van der Waals surface area contributed by atoms with Gasteiger partial charge in [-0.25, -0.2) is 0 Å². The molecule has 2 aromatic carbocycles. The normalized spacial score (nSPS) is 13.6. The second-order valence-corrected chi connectivity index (χ2v) is 7.23. The predicted octanol–water partition coefficient (Wildman–Crippen LogP) is 4.58. The van der Waals surface area contributed by atoms with Crippen LogP contribution >= 0.6 is 0 Å². The van der Waals surface area contributed by atoms with Crippen LogP contribution in [0.4, 0.5) is 0 Å². The lowest BCUT2D eigenvalue weighted by atomic mass is 9.95. The molecule has 0 fully saturated rings. The smallest absolute Gasteiger partial charge is 0.251 e. The average Bonchev–Trinajstić information content (AvgIpc) is 3.06. The molecular formula is C23H26N2O. The van der Waals surface area contributed by atoms with E-state index in [0.29, 0.717) is 6.54 Å². The van der Waals surface area contributed by atoms with Gasteiger partial charge in [0.05, 0.1) is 0 Å². The van der Waals surface area contributed by atoms with Gasteiger partial charge in [0, 0.05) is 28.7 Å². The molecule has 134 valence electrons. The Kier molecular flexibility index (Phi) is 4.79. The number of hydrogen-bond acceptors (Lipinski definition) is 1. The van der Waals surface area contributed by atoms with Crippen LogP contribution in [0, 0.1) is 0 Å². The van der Waals surface area contributed by atoms with Crippen LogP contribution in [0.1, 0.15) is 52.5 Å². The van der Waals surface area contributed by atoms with E-state index in [1.165, 1.54) is 40.6 Å². The number of hydrogen-bond donors (Lipinski definition) is 2. The Morgan fingerprint density at radius 2 is 1.81 bits per heavy atom. The van der Waals surface area contributed by atoms with E-state index in [0.717, 1.165) is 36.8 Å². The number of fused-ring (bicyclic) bond motifs is 3. The SMILES string of the molecule is CCc1ccc(CCNC(=O)c2ccc3[nH]c4c(c3c2)CCCC4)cc1. The van der Waals surface area contributed by atoms with Crippen LogP contribution in [-0.2, 0) is 25.7 Å². The van der Waals surface area contributed by atoms with E-state index in [1.54, 1.807) is 0 Å². The van der Waals surface area contributed by atoms with Gasteiger partial charge >= 0.3 is 0 Å². The molecule has 26 heavy (non-hydrogen) atoms. The first-order chi connectivity index (χ1) is 12.7. The van der Waals surface area contributed by atoms with Gasteiger partial charge in [0.25, 0.3) is 5.91 Å². The molecule has 2 N–H and O–H groups in total. The number of aryl methyl sites for hydroxylation is 3. The minimum Gasteiger partial charge on any atom is -0.358 e. The summed E-state index contributed by atoms with van der Waals surface area (Å²) in [5, 5.41) is 4.29. The molecule has 3 heteroatoms. The van der Waals surface area contributed by atoms with Gasteiger partial charge < -0.3 is 10.3 Å². The Morgan fingerprint density at radius 1 is 1.04 bits per heavy atom. The molecule has 0 bridgehead atoms. The summed E-state index contributed by atoms with van der Waals surface area (Å²) in [6.07, 6.45) is 6.66. The van der Waals surface area contributed by atoms with Gasteiger partial charge in [0.15, 0.2) is 0 Å². The summed E-state index contributed by atoms with van der Waals surface area (Å²) in [7, 11) is 0. The van der Waals surface area contributed by atoms with Crippen molar-refractivity contribution in [3.05, 3.63) is 70.4 Å². The Bertz CT molecular complexity index is 921. The van der Waals surface area contributed by atoms with Crippen molar-refractivity contribution in [3.63, 3.8) is 0 Å². The van der Waals surface area contributed by atoms with Crippen LogP contribution in [0.3, 0.4) is 0 Å². The summed E-state index contributed by atoms with van der Waals surface area (Å²) in [6, 6.07) is 14.7. The van der Waals surface area contributed by atoms with Crippen molar-refractivity contribution in [2.24, 2.45) is 0 Å². The zero-order chi connectivity index (χ0) is 17.9. The van der Waals surface area contributed by atoms with Crippen LogP contribution < -0.4 is 5.32 Å². The van der Waals surface area contributed by atoms with Crippen molar-refractivity contribution in [1.82, 2.24) is 10.3 Å². The molecular weight excluding hydrogens is 320 g/mol. The zero-order valence-electron chi connectivity index (χ0n) is 15.4. The number of H-pyrrole nitrogens is 1. The van der Waals surface area contributed by atoms with Gasteiger partial charge in [0.1, 0.15) is 0 Å². The molecule has 0 atom stereocenters. The standard InChI is InChI=1S/C23H26N2O/c1-2-16-7-9-17(10-8-16)13-14-24-23(26)18-11-12-22-20(15-18)19-5-3-4-6-21(19)25-22/h7-12,15,25H,2-6,13-14H2,1H3,(H,24,26). The van der Waals surface area contributed by atoms with Crippen LogP contribution in [0.5, 0.6) is 0 Å². The number of aromatic nitrogens is 1. The topological polar surface area (TPSA) is 44.9 Å². The van der Waals surface area contributed by atoms with Crippen molar-refractivity contribution in [1.29, 1.82) is 0 Å². The molecule has 0 radical (unpaired) electrons. The Morgan fingerprint density at radius 3 is 2.62 bits per heavy atom. The quantitative estimate of drug-likeness (QED) is 0.698. The van der Waals surface area contributed by atoms with Gasteiger partial charge in [-0.1, -0.05) is 31.2 Å². The first-order valence-electron chi connectivity index (χ1n) is 9.74. The fraction of sp³-hybridized carbons (Fsp3) is 0.348. The van der Waals surface area contributed by atoms with E-state index in [-0.39, 0.29) is 5.91 Å². The highest BCUT2D eigenvalue weighted by Crippen LogP contribution is 2.29. The van der Waals surface area contributed by atoms with Crippen LogP contribution in [0.2, 0.25) is 0 Å². The number of nitrogens with one attached hydrogen (secondary N) is 2. The van der Waals surface area contributed by atoms with Crippen molar-refractivity contribution < 1.29 is 4.79 Å². The molecule has 1 heterocycles.